The number of aliphatic hydroxyl groups is 2. The summed E-state index contributed by atoms with van der Waals surface area (Å²) in [6, 6.07) is 17.8. The van der Waals surface area contributed by atoms with Crippen molar-refractivity contribution < 1.29 is 110 Å². The number of allylic oxidation sites excluding steroid dienone is 2. The second-order valence-electron chi connectivity index (χ2n) is 16.7. The van der Waals surface area contributed by atoms with E-state index in [0.717, 1.165) is 72.8 Å². The van der Waals surface area contributed by atoms with E-state index in [1.807, 2.05) is 0 Å². The van der Waals surface area contributed by atoms with E-state index in [1.165, 1.54) is 63.6 Å². The van der Waals surface area contributed by atoms with Gasteiger partial charge in [-0.3, -0.25) is 19.2 Å². The van der Waals surface area contributed by atoms with Crippen molar-refractivity contribution in [1.29, 1.82) is 5.26 Å². The smallest absolute Gasteiger partial charge is 0.416 e. The molecule has 0 spiro atoms. The average molecular weight is 1400 g/mol. The number of nitrogens with zero attached hydrogens (tertiary/aromatic N) is 6. The molecule has 0 aliphatic carbocycles. The summed E-state index contributed by atoms with van der Waals surface area (Å²) in [7, 11) is 7.36. The zero-order valence-corrected chi connectivity index (χ0v) is 50.9. The van der Waals surface area contributed by atoms with E-state index in [0.29, 0.717) is 28.5 Å². The quantitative estimate of drug-likeness (QED) is 0.0186. The van der Waals surface area contributed by atoms with E-state index in [-0.39, 0.29) is 28.2 Å². The zero-order valence-electron chi connectivity index (χ0n) is 47.8. The maximum Gasteiger partial charge on any atom is 0.416 e. The highest BCUT2D eigenvalue weighted by Crippen LogP contribution is 2.33. The fourth-order valence-electron chi connectivity index (χ4n) is 5.58. The predicted octanol–water partition coefficient (Wildman–Crippen LogP) is 15.9. The first-order chi connectivity index (χ1) is 43.0. The van der Waals surface area contributed by atoms with Gasteiger partial charge in [0.15, 0.2) is 0 Å². The number of aliphatic hydroxyl groups excluding tert-OH is 2. The number of rotatable bonds is 8. The highest BCUT2D eigenvalue weighted by atomic mass is 36.0. The van der Waals surface area contributed by atoms with Gasteiger partial charge in [0.25, 0.3) is 34.4 Å². The number of amides is 3. The topological polar surface area (TPSA) is 336 Å². The minimum absolute atomic E-state index is 0.0976. The minimum atomic E-state index is -4.45. The van der Waals surface area contributed by atoms with Crippen LogP contribution >= 0.6 is 33.0 Å². The molecule has 0 radical (unpaired) electrons. The fraction of sp³-hybridized carbons (Fsp3) is 0.182. The second kappa shape index (κ2) is 39.0. The summed E-state index contributed by atoms with van der Waals surface area (Å²) < 4.78 is 169. The average Bonchev–Trinajstić information content (AvgIpc) is 1.79. The lowest BCUT2D eigenvalue weighted by atomic mass is 10.2. The number of halogens is 15. The molecule has 0 fully saturated rings. The van der Waals surface area contributed by atoms with Crippen LogP contribution in [0, 0.1) is 45.2 Å². The summed E-state index contributed by atoms with van der Waals surface area (Å²) in [6.45, 7) is 21.9. The largest absolute Gasteiger partial charge is 0.523 e. The van der Waals surface area contributed by atoms with Gasteiger partial charge in [0, 0.05) is 51.0 Å². The Hall–Kier alpha value is -10.4. The molecule has 7 rings (SSSR count). The molecule has 0 unspecified atom stereocenters. The third kappa shape index (κ3) is 31.7. The number of carbonyl (C=O) groups is 5. The molecule has 0 saturated heterocycles. The first-order valence-corrected chi connectivity index (χ1v) is 27.3. The number of nitriles is 1. The van der Waals surface area contributed by atoms with Gasteiger partial charge < -0.3 is 50.6 Å². The molecular formula is C55H45Cl3F12N10O12S. The second-order valence-corrected chi connectivity index (χ2v) is 19.5. The van der Waals surface area contributed by atoms with Crippen LogP contribution in [0.4, 0.5) is 75.4 Å². The van der Waals surface area contributed by atoms with Crippen molar-refractivity contribution in [3.63, 3.8) is 0 Å². The lowest BCUT2D eigenvalue weighted by Crippen LogP contribution is -2.14. The monoisotopic (exact) mass is 1400 g/mol. The number of nitrogens with one attached hydrogen (secondary N) is 3. The number of nitrogens with two attached hydrogens (primary N) is 1. The van der Waals surface area contributed by atoms with Crippen LogP contribution in [0.2, 0.25) is 0 Å². The predicted molar refractivity (Wildman–Crippen MR) is 311 cm³/mol. The SMILES string of the molecule is CC#N.Cc1oncc1C(=O)Cl.Cc1oncc1C(=O)Nc1ccc(C(F)(F)F)cc1.Cc1oncc1C(=O)O.Nc1ccc(C(F)(F)F)cc1.O=S(Cl)Cl.[C-]#[N+]/C(C(=O)Nc1ccc(C(F)(F)F)cc1)=C(\C)O.[C-]#[N+]/C(C(=O)Nc1ccc(C(F)(F)F)cc1)=C(\C)O. The van der Waals surface area contributed by atoms with Gasteiger partial charge in [-0.2, -0.15) is 57.9 Å². The van der Waals surface area contributed by atoms with Crippen LogP contribution in [0.25, 0.3) is 9.69 Å². The Bertz CT molecular complexity index is 3650. The minimum Gasteiger partial charge on any atom is -0.523 e. The number of carboxylic acids is 1. The molecular weight excluding hydrogens is 1360 g/mol. The summed E-state index contributed by atoms with van der Waals surface area (Å²) in [5, 5.41) is 50.3. The Morgan fingerprint density at radius 1 is 0.538 bits per heavy atom. The van der Waals surface area contributed by atoms with Crippen LogP contribution in [-0.4, -0.2) is 63.9 Å². The van der Waals surface area contributed by atoms with E-state index in [9.17, 15) is 76.7 Å². The Balaban J connectivity index is 0.00000109. The molecule has 3 aromatic heterocycles. The molecule has 8 N–H and O–H groups in total. The van der Waals surface area contributed by atoms with E-state index in [4.69, 9.17) is 59.8 Å². The summed E-state index contributed by atoms with van der Waals surface area (Å²) in [5.74, 6) is -3.04. The van der Waals surface area contributed by atoms with Crippen LogP contribution in [-0.2, 0) is 43.5 Å². The number of alkyl halides is 12. The number of hydrogen-bond acceptors (Lipinski definition) is 16. The normalized spacial score (nSPS) is 11.0. The number of aryl methyl sites for hydroxylation is 3. The Morgan fingerprint density at radius 2 is 0.785 bits per heavy atom. The molecule has 0 aliphatic rings. The number of carboxylic acid groups (broad SMARTS) is 1. The molecule has 7 aromatic rings. The van der Waals surface area contributed by atoms with E-state index < -0.39 is 108 Å². The number of benzene rings is 4. The van der Waals surface area contributed by atoms with Crippen molar-refractivity contribution in [2.45, 2.75) is 66.2 Å². The number of hydrogen-bond donors (Lipinski definition) is 7. The molecule has 0 atom stereocenters. The van der Waals surface area contributed by atoms with Crippen molar-refractivity contribution in [3.05, 3.63) is 218 Å². The van der Waals surface area contributed by atoms with Crippen LogP contribution in [0.1, 0.15) is 91.4 Å². The van der Waals surface area contributed by atoms with Gasteiger partial charge in [-0.25, -0.2) is 18.7 Å². The summed E-state index contributed by atoms with van der Waals surface area (Å²) in [4.78, 5) is 61.0. The summed E-state index contributed by atoms with van der Waals surface area (Å²) >= 11 is 5.11. The van der Waals surface area contributed by atoms with Crippen molar-refractivity contribution in [3.8, 4) is 6.07 Å². The number of aromatic nitrogens is 3. The number of aromatic carboxylic acids is 1. The third-order valence-electron chi connectivity index (χ3n) is 9.93. The van der Waals surface area contributed by atoms with Crippen LogP contribution in [0.5, 0.6) is 0 Å². The van der Waals surface area contributed by atoms with Gasteiger partial charge in [-0.05, 0) is 143 Å². The molecule has 3 amide bonds. The summed E-state index contributed by atoms with van der Waals surface area (Å²) in [6.07, 6.45) is -13.9. The van der Waals surface area contributed by atoms with Crippen molar-refractivity contribution in [2.75, 3.05) is 21.7 Å². The van der Waals surface area contributed by atoms with Crippen molar-refractivity contribution in [2.24, 2.45) is 0 Å². The van der Waals surface area contributed by atoms with Crippen LogP contribution in [0.3, 0.4) is 0 Å². The first-order valence-electron chi connectivity index (χ1n) is 24.1. The maximum absolute atomic E-state index is 12.4. The molecule has 4 aromatic carbocycles. The van der Waals surface area contributed by atoms with Gasteiger partial charge >= 0.3 is 30.7 Å². The lowest BCUT2D eigenvalue weighted by Gasteiger charge is -2.08. The van der Waals surface area contributed by atoms with E-state index in [1.54, 1.807) is 26.8 Å². The van der Waals surface area contributed by atoms with Gasteiger partial charge in [0.1, 0.15) is 39.9 Å². The van der Waals surface area contributed by atoms with Gasteiger partial charge in [0.2, 0.25) is 9.23 Å². The molecule has 0 saturated carbocycles. The van der Waals surface area contributed by atoms with Gasteiger partial charge in [-0.1, -0.05) is 15.5 Å². The Labute approximate surface area is 533 Å². The van der Waals surface area contributed by atoms with Crippen LogP contribution in [0.15, 0.2) is 152 Å². The molecule has 22 nitrogen and oxygen atoms in total. The third-order valence-corrected chi connectivity index (χ3v) is 10.1. The molecule has 38 heteroatoms. The van der Waals surface area contributed by atoms with Crippen molar-refractivity contribution in [1.82, 2.24) is 15.5 Å². The molecule has 0 aliphatic heterocycles. The standard InChI is InChI=1S/3C12H9F3N2O2.C7H6F3N.C5H4ClNO2.C5H5NO3.C2H3N.Cl2OS/c1-7-10(6-16-19-7)11(18)17-9-4-2-8(3-5-9)12(13,14)15;2*1-7(18)10(16-2)11(19)17-9-5-3-8(4-6-9)12(13,14)15;8-7(9,10)5-1-3-6(11)4-2-5;1-3-4(5(6)8)2-7-9-3;1-3-4(5(7)8)2-6-9-3;1-2-3;1-4(2)3/h2-6H,1H3,(H,17,18);2*3-6,18H,1H3,(H,17,19);1-4H,11H2;2H,1H3;2H,1H3,(H,7,8);1H3;/b;2*10-7+;;;;;. The van der Waals surface area contributed by atoms with E-state index >= 15 is 0 Å². The van der Waals surface area contributed by atoms with Gasteiger partial charge in [0.05, 0.1) is 65.6 Å². The maximum atomic E-state index is 12.4. The fourth-order valence-corrected chi connectivity index (χ4v) is 5.76. The lowest BCUT2D eigenvalue weighted by molar-refractivity contribution is -0.138. The highest BCUT2D eigenvalue weighted by Gasteiger charge is 2.33. The molecule has 93 heavy (non-hydrogen) atoms. The zero-order chi connectivity index (χ0) is 71.8. The highest BCUT2D eigenvalue weighted by molar-refractivity contribution is 8.26. The van der Waals surface area contributed by atoms with Crippen LogP contribution < -0.4 is 21.7 Å². The molecule has 0 bridgehead atoms. The molecule has 498 valence electrons. The number of anilines is 4. The summed E-state index contributed by atoms with van der Waals surface area (Å²) in [5.41, 5.74) is 2.52. The van der Waals surface area contributed by atoms with Gasteiger partial charge in [-0.15, -0.1) is 0 Å². The number of carbonyl (C=O) groups excluding carboxylic acids is 4. The Morgan fingerprint density at radius 3 is 0.978 bits per heavy atom. The van der Waals surface area contributed by atoms with Crippen molar-refractivity contribution >= 4 is 93.9 Å². The Kier molecular flexibility index (Phi) is 34.6. The number of nitrogen functional groups attached to an aromatic ring is 1. The van der Waals surface area contributed by atoms with E-state index in [2.05, 4.69) is 71.5 Å². The first kappa shape index (κ1) is 82.6. The molecule has 3 heterocycles.